The molecular weight excluding hydrogens is 290 g/mol. The Bertz CT molecular complexity index is 394. The van der Waals surface area contributed by atoms with Gasteiger partial charge >= 0.3 is 0 Å². The van der Waals surface area contributed by atoms with Crippen LogP contribution in [0.25, 0.3) is 0 Å². The van der Waals surface area contributed by atoms with Crippen LogP contribution in [0.15, 0.2) is 0 Å². The lowest BCUT2D eigenvalue weighted by molar-refractivity contribution is -0.142. The maximum atomic E-state index is 12.6. The summed E-state index contributed by atoms with van der Waals surface area (Å²) in [6.07, 6.45) is 7.56. The van der Waals surface area contributed by atoms with Gasteiger partial charge in [-0.25, -0.2) is 0 Å². The lowest BCUT2D eigenvalue weighted by Crippen LogP contribution is -2.47. The highest BCUT2D eigenvalue weighted by Crippen LogP contribution is 2.27. The first-order chi connectivity index (χ1) is 11.1. The van der Waals surface area contributed by atoms with Crippen molar-refractivity contribution in [3.8, 4) is 0 Å². The number of carbonyl (C=O) groups excluding carboxylic acids is 2. The molecule has 0 bridgehead atoms. The summed E-state index contributed by atoms with van der Waals surface area (Å²) in [4.78, 5) is 26.4. The van der Waals surface area contributed by atoms with Crippen LogP contribution in [-0.4, -0.2) is 48.9 Å². The van der Waals surface area contributed by atoms with Gasteiger partial charge in [0.05, 0.1) is 6.54 Å². The fourth-order valence-electron chi connectivity index (χ4n) is 3.65. The zero-order valence-electron chi connectivity index (χ0n) is 14.8. The van der Waals surface area contributed by atoms with Gasteiger partial charge in [-0.15, -0.1) is 0 Å². The molecule has 5 heteroatoms. The van der Waals surface area contributed by atoms with Crippen LogP contribution in [0.5, 0.6) is 0 Å². The molecule has 2 heterocycles. The van der Waals surface area contributed by atoms with Crippen molar-refractivity contribution < 1.29 is 9.59 Å². The Hall–Kier alpha value is -1.10. The van der Waals surface area contributed by atoms with Gasteiger partial charge in [0.25, 0.3) is 0 Å². The fourth-order valence-corrected chi connectivity index (χ4v) is 3.65. The van der Waals surface area contributed by atoms with Crippen molar-refractivity contribution in [2.45, 2.75) is 64.8 Å². The first-order valence-corrected chi connectivity index (χ1v) is 9.39. The van der Waals surface area contributed by atoms with E-state index in [4.69, 9.17) is 0 Å². The van der Waals surface area contributed by atoms with Crippen LogP contribution in [0.2, 0.25) is 0 Å². The first-order valence-electron chi connectivity index (χ1n) is 9.39. The van der Waals surface area contributed by atoms with Gasteiger partial charge in [-0.3, -0.25) is 9.59 Å². The van der Waals surface area contributed by atoms with Crippen LogP contribution in [0.3, 0.4) is 0 Å². The highest BCUT2D eigenvalue weighted by molar-refractivity contribution is 5.86. The predicted octanol–water partition coefficient (Wildman–Crippen LogP) is 1.92. The average Bonchev–Trinajstić information content (AvgIpc) is 2.56. The molecule has 2 fully saturated rings. The molecule has 0 spiro atoms. The summed E-state index contributed by atoms with van der Waals surface area (Å²) < 4.78 is 0. The van der Waals surface area contributed by atoms with E-state index in [-0.39, 0.29) is 30.3 Å². The van der Waals surface area contributed by atoms with Crippen LogP contribution in [0, 0.1) is 11.8 Å². The van der Waals surface area contributed by atoms with E-state index in [1.54, 1.807) is 4.90 Å². The number of nitrogens with one attached hydrogen (secondary N) is 2. The minimum atomic E-state index is -0.0216. The SMILES string of the molecule is CCC(C)NC(=O)CN1CCCC(CCC2CCNCC2)C1=O. The summed E-state index contributed by atoms with van der Waals surface area (Å²) in [7, 11) is 0. The van der Waals surface area contributed by atoms with E-state index in [0.717, 1.165) is 57.7 Å². The molecule has 0 saturated carbocycles. The van der Waals surface area contributed by atoms with E-state index < -0.39 is 0 Å². The monoisotopic (exact) mass is 323 g/mol. The minimum Gasteiger partial charge on any atom is -0.352 e. The molecule has 2 unspecified atom stereocenters. The molecule has 0 aromatic carbocycles. The van der Waals surface area contributed by atoms with Gasteiger partial charge in [0.1, 0.15) is 0 Å². The zero-order valence-corrected chi connectivity index (χ0v) is 14.8. The van der Waals surface area contributed by atoms with Crippen molar-refractivity contribution in [2.75, 3.05) is 26.2 Å². The summed E-state index contributed by atoms with van der Waals surface area (Å²) >= 11 is 0. The Labute approximate surface area is 140 Å². The molecule has 2 N–H and O–H groups in total. The second-order valence-corrected chi connectivity index (χ2v) is 7.25. The van der Waals surface area contributed by atoms with Crippen molar-refractivity contribution in [3.05, 3.63) is 0 Å². The van der Waals surface area contributed by atoms with Crippen molar-refractivity contribution >= 4 is 11.8 Å². The van der Waals surface area contributed by atoms with Gasteiger partial charge in [0.15, 0.2) is 0 Å². The molecule has 0 aromatic rings. The van der Waals surface area contributed by atoms with Crippen molar-refractivity contribution in [1.29, 1.82) is 0 Å². The van der Waals surface area contributed by atoms with Crippen molar-refractivity contribution in [1.82, 2.24) is 15.5 Å². The summed E-state index contributed by atoms with van der Waals surface area (Å²) in [5, 5.41) is 6.35. The van der Waals surface area contributed by atoms with E-state index in [0.29, 0.717) is 0 Å². The van der Waals surface area contributed by atoms with Crippen LogP contribution in [0.4, 0.5) is 0 Å². The number of hydrogen-bond acceptors (Lipinski definition) is 3. The second-order valence-electron chi connectivity index (χ2n) is 7.25. The molecule has 2 aliphatic heterocycles. The van der Waals surface area contributed by atoms with Gasteiger partial charge in [-0.05, 0) is 70.9 Å². The smallest absolute Gasteiger partial charge is 0.239 e. The highest BCUT2D eigenvalue weighted by atomic mass is 16.2. The summed E-state index contributed by atoms with van der Waals surface area (Å²) in [5.74, 6) is 1.08. The van der Waals surface area contributed by atoms with Crippen molar-refractivity contribution in [2.24, 2.45) is 11.8 Å². The highest BCUT2D eigenvalue weighted by Gasteiger charge is 2.30. The molecule has 5 nitrogen and oxygen atoms in total. The first kappa shape index (κ1) is 18.2. The topological polar surface area (TPSA) is 61.4 Å². The maximum Gasteiger partial charge on any atom is 0.239 e. The molecule has 2 amide bonds. The quantitative estimate of drug-likeness (QED) is 0.752. The molecule has 23 heavy (non-hydrogen) atoms. The van der Waals surface area contributed by atoms with Gasteiger partial charge < -0.3 is 15.5 Å². The number of piperidine rings is 2. The minimum absolute atomic E-state index is 0.0216. The van der Waals surface area contributed by atoms with Crippen LogP contribution in [0.1, 0.15) is 58.8 Å². The Morgan fingerprint density at radius 3 is 2.74 bits per heavy atom. The molecule has 132 valence electrons. The third kappa shape index (κ3) is 5.79. The lowest BCUT2D eigenvalue weighted by atomic mass is 9.86. The fraction of sp³-hybridized carbons (Fsp3) is 0.889. The predicted molar refractivity (Wildman–Crippen MR) is 92.0 cm³/mol. The van der Waals surface area contributed by atoms with Gasteiger partial charge in [0.2, 0.25) is 11.8 Å². The third-order valence-electron chi connectivity index (χ3n) is 5.38. The van der Waals surface area contributed by atoms with Gasteiger partial charge in [-0.1, -0.05) is 6.92 Å². The standard InChI is InChI=1S/C18H33N3O2/c1-3-14(2)20-17(22)13-21-12-4-5-16(18(21)23)7-6-15-8-10-19-11-9-15/h14-16,19H,3-13H2,1-2H3,(H,20,22). The molecule has 0 aliphatic carbocycles. The normalized spacial score (nSPS) is 24.5. The van der Waals surface area contributed by atoms with E-state index in [1.165, 1.54) is 12.8 Å². The Balaban J connectivity index is 1.76. The third-order valence-corrected chi connectivity index (χ3v) is 5.38. The van der Waals surface area contributed by atoms with Crippen LogP contribution in [-0.2, 0) is 9.59 Å². The van der Waals surface area contributed by atoms with Gasteiger partial charge in [-0.2, -0.15) is 0 Å². The molecule has 0 radical (unpaired) electrons. The largest absolute Gasteiger partial charge is 0.352 e. The van der Waals surface area contributed by atoms with E-state index >= 15 is 0 Å². The van der Waals surface area contributed by atoms with Crippen LogP contribution >= 0.6 is 0 Å². The summed E-state index contributed by atoms with van der Waals surface area (Å²) in [5.41, 5.74) is 0. The van der Waals surface area contributed by atoms with E-state index in [2.05, 4.69) is 10.6 Å². The van der Waals surface area contributed by atoms with Crippen LogP contribution < -0.4 is 10.6 Å². The Morgan fingerprint density at radius 1 is 1.30 bits per heavy atom. The molecule has 2 atom stereocenters. The van der Waals surface area contributed by atoms with Gasteiger partial charge in [0, 0.05) is 18.5 Å². The number of nitrogens with zero attached hydrogens (tertiary/aromatic N) is 1. The summed E-state index contributed by atoms with van der Waals surface area (Å²) in [6.45, 7) is 7.24. The Kier molecular flexibility index (Phi) is 7.34. The molecule has 2 rings (SSSR count). The molecule has 2 saturated heterocycles. The summed E-state index contributed by atoms with van der Waals surface area (Å²) in [6, 6.07) is 0.179. The van der Waals surface area contributed by atoms with E-state index in [9.17, 15) is 9.59 Å². The number of rotatable bonds is 7. The number of carbonyl (C=O) groups is 2. The lowest BCUT2D eigenvalue weighted by Gasteiger charge is -2.33. The number of amides is 2. The van der Waals surface area contributed by atoms with Crippen molar-refractivity contribution in [3.63, 3.8) is 0 Å². The average molecular weight is 323 g/mol. The van der Waals surface area contributed by atoms with E-state index in [1.807, 2.05) is 13.8 Å². The zero-order chi connectivity index (χ0) is 16.7. The molecule has 0 aromatic heterocycles. The molecule has 2 aliphatic rings. The number of likely N-dealkylation sites (tertiary alicyclic amines) is 1. The maximum absolute atomic E-state index is 12.6. The number of hydrogen-bond donors (Lipinski definition) is 2. The Morgan fingerprint density at radius 2 is 2.04 bits per heavy atom. The second kappa shape index (κ2) is 9.26. The molecular formula is C18H33N3O2.